The van der Waals surface area contributed by atoms with Crippen molar-refractivity contribution < 1.29 is 32.6 Å². The summed E-state index contributed by atoms with van der Waals surface area (Å²) in [6, 6.07) is 1.23. The molecule has 1 aromatic heterocycles. The molecule has 1 aromatic rings. The molecule has 0 bridgehead atoms. The van der Waals surface area contributed by atoms with Crippen LogP contribution in [0.2, 0.25) is 0 Å². The smallest absolute Gasteiger partial charge is 0.422 e. The number of carboxylic acid groups (broad SMARTS) is 1. The second-order valence-corrected chi connectivity index (χ2v) is 4.82. The molecule has 0 aliphatic heterocycles. The van der Waals surface area contributed by atoms with Crippen molar-refractivity contribution in [2.24, 2.45) is 5.92 Å². The van der Waals surface area contributed by atoms with Crippen LogP contribution in [0.4, 0.5) is 13.2 Å². The minimum absolute atomic E-state index is 0.0197. The molecule has 6 nitrogen and oxygen atoms in total. The van der Waals surface area contributed by atoms with Crippen molar-refractivity contribution in [2.75, 3.05) is 6.61 Å². The number of aromatic nitrogens is 1. The molecule has 0 aliphatic carbocycles. The number of amides is 1. The number of pyridine rings is 1. The van der Waals surface area contributed by atoms with Gasteiger partial charge in [0.1, 0.15) is 6.04 Å². The van der Waals surface area contributed by atoms with Crippen LogP contribution in [-0.2, 0) is 4.79 Å². The fourth-order valence-electron chi connectivity index (χ4n) is 1.49. The van der Waals surface area contributed by atoms with Gasteiger partial charge < -0.3 is 15.2 Å². The maximum absolute atomic E-state index is 12.0. The van der Waals surface area contributed by atoms with Crippen LogP contribution < -0.4 is 10.1 Å². The number of halogens is 3. The van der Waals surface area contributed by atoms with Gasteiger partial charge in [0, 0.05) is 12.3 Å². The molecule has 0 aliphatic rings. The third-order valence-electron chi connectivity index (χ3n) is 2.60. The number of ether oxygens (including phenoxy) is 1. The van der Waals surface area contributed by atoms with E-state index in [4.69, 9.17) is 5.11 Å². The lowest BCUT2D eigenvalue weighted by atomic mass is 10.0. The molecule has 0 saturated heterocycles. The van der Waals surface area contributed by atoms with E-state index in [1.165, 1.54) is 6.07 Å². The quantitative estimate of drug-likeness (QED) is 0.835. The number of carbonyl (C=O) groups excluding carboxylic acids is 1. The molecule has 0 aromatic carbocycles. The summed E-state index contributed by atoms with van der Waals surface area (Å²) in [6.45, 7) is 1.77. The van der Waals surface area contributed by atoms with Crippen LogP contribution in [0.3, 0.4) is 0 Å². The number of hydrogen-bond donors (Lipinski definition) is 2. The Morgan fingerprint density at radius 1 is 1.36 bits per heavy atom. The third kappa shape index (κ3) is 5.58. The summed E-state index contributed by atoms with van der Waals surface area (Å²) >= 11 is 0. The Labute approximate surface area is 124 Å². The molecular weight excluding hydrogens is 305 g/mol. The average molecular weight is 320 g/mol. The van der Waals surface area contributed by atoms with E-state index in [-0.39, 0.29) is 17.4 Å². The van der Waals surface area contributed by atoms with Gasteiger partial charge in [-0.05, 0) is 12.0 Å². The van der Waals surface area contributed by atoms with Crippen molar-refractivity contribution in [2.45, 2.75) is 26.1 Å². The highest BCUT2D eigenvalue weighted by Gasteiger charge is 2.28. The summed E-state index contributed by atoms with van der Waals surface area (Å²) in [5.41, 5.74) is 0.0197. The van der Waals surface area contributed by atoms with Crippen LogP contribution in [0.25, 0.3) is 0 Å². The lowest BCUT2D eigenvalue weighted by Gasteiger charge is -2.17. The molecule has 0 radical (unpaired) electrons. The largest absolute Gasteiger partial charge is 0.480 e. The molecule has 9 heteroatoms. The maximum atomic E-state index is 12.0. The van der Waals surface area contributed by atoms with Crippen molar-refractivity contribution in [3.8, 4) is 5.88 Å². The zero-order chi connectivity index (χ0) is 16.9. The van der Waals surface area contributed by atoms with Crippen LogP contribution >= 0.6 is 0 Å². The van der Waals surface area contributed by atoms with Gasteiger partial charge in [-0.25, -0.2) is 9.78 Å². The van der Waals surface area contributed by atoms with E-state index < -0.39 is 30.7 Å². The van der Waals surface area contributed by atoms with Crippen molar-refractivity contribution in [3.05, 3.63) is 23.9 Å². The fourth-order valence-corrected chi connectivity index (χ4v) is 1.49. The topological polar surface area (TPSA) is 88.5 Å². The van der Waals surface area contributed by atoms with Gasteiger partial charge in [-0.3, -0.25) is 4.79 Å². The van der Waals surface area contributed by atoms with Crippen molar-refractivity contribution >= 4 is 11.9 Å². The highest BCUT2D eigenvalue weighted by Crippen LogP contribution is 2.17. The summed E-state index contributed by atoms with van der Waals surface area (Å²) in [5.74, 6) is -2.48. The first-order chi connectivity index (χ1) is 10.1. The SMILES string of the molecule is CC(C)[C@H](NC(=O)c1ccc(OCC(F)(F)F)nc1)C(=O)O. The molecule has 0 spiro atoms. The first-order valence-electron chi connectivity index (χ1n) is 6.29. The predicted octanol–water partition coefficient (Wildman–Crippen LogP) is 1.86. The van der Waals surface area contributed by atoms with Gasteiger partial charge in [-0.1, -0.05) is 13.8 Å². The zero-order valence-electron chi connectivity index (χ0n) is 11.8. The predicted molar refractivity (Wildman–Crippen MR) is 69.5 cm³/mol. The first-order valence-corrected chi connectivity index (χ1v) is 6.29. The molecular formula is C13H15F3N2O4. The van der Waals surface area contributed by atoms with Crippen molar-refractivity contribution in [3.63, 3.8) is 0 Å². The Morgan fingerprint density at radius 3 is 2.41 bits per heavy atom. The highest BCUT2D eigenvalue weighted by molar-refractivity contribution is 5.96. The fraction of sp³-hybridized carbons (Fsp3) is 0.462. The number of nitrogens with one attached hydrogen (secondary N) is 1. The lowest BCUT2D eigenvalue weighted by Crippen LogP contribution is -2.44. The Balaban J connectivity index is 2.69. The summed E-state index contributed by atoms with van der Waals surface area (Å²) in [7, 11) is 0. The Morgan fingerprint density at radius 2 is 2.00 bits per heavy atom. The van der Waals surface area contributed by atoms with Gasteiger partial charge in [-0.2, -0.15) is 13.2 Å². The first kappa shape index (κ1) is 17.7. The zero-order valence-corrected chi connectivity index (χ0v) is 11.8. The molecule has 0 saturated carbocycles. The molecule has 1 rings (SSSR count). The Hall–Kier alpha value is -2.32. The summed E-state index contributed by atoms with van der Waals surface area (Å²) < 4.78 is 40.3. The van der Waals surface area contributed by atoms with Gasteiger partial charge in [0.25, 0.3) is 5.91 Å². The van der Waals surface area contributed by atoms with Crippen molar-refractivity contribution in [1.82, 2.24) is 10.3 Å². The van der Waals surface area contributed by atoms with E-state index >= 15 is 0 Å². The van der Waals surface area contributed by atoms with E-state index in [2.05, 4.69) is 15.0 Å². The standard InChI is InChI=1S/C13H15F3N2O4/c1-7(2)10(12(20)21)18-11(19)8-3-4-9(17-5-8)22-6-13(14,15)16/h3-5,7,10H,6H2,1-2H3,(H,18,19)(H,20,21)/t10-/m0/s1. The second kappa shape index (κ2) is 7.10. The molecule has 0 unspecified atom stereocenters. The number of carboxylic acids is 1. The van der Waals surface area contributed by atoms with E-state index in [9.17, 15) is 22.8 Å². The molecule has 122 valence electrons. The molecule has 0 fully saturated rings. The number of rotatable bonds is 6. The van der Waals surface area contributed by atoms with Gasteiger partial charge in [0.05, 0.1) is 5.56 Å². The number of hydrogen-bond acceptors (Lipinski definition) is 4. The molecule has 1 atom stereocenters. The Kier molecular flexibility index (Phi) is 5.72. The molecule has 1 amide bonds. The number of carbonyl (C=O) groups is 2. The van der Waals surface area contributed by atoms with E-state index in [1.807, 2.05) is 0 Å². The van der Waals surface area contributed by atoms with E-state index in [0.717, 1.165) is 12.3 Å². The third-order valence-corrected chi connectivity index (χ3v) is 2.60. The molecule has 2 N–H and O–H groups in total. The molecule has 1 heterocycles. The Bertz CT molecular complexity index is 529. The van der Waals surface area contributed by atoms with Gasteiger partial charge in [0.15, 0.2) is 6.61 Å². The van der Waals surface area contributed by atoms with Crippen LogP contribution in [0.15, 0.2) is 18.3 Å². The number of alkyl halides is 3. The van der Waals surface area contributed by atoms with E-state index in [0.29, 0.717) is 0 Å². The maximum Gasteiger partial charge on any atom is 0.422 e. The van der Waals surface area contributed by atoms with Crippen LogP contribution in [0, 0.1) is 5.92 Å². The lowest BCUT2D eigenvalue weighted by molar-refractivity contribution is -0.154. The number of nitrogens with zero attached hydrogens (tertiary/aromatic N) is 1. The minimum atomic E-state index is -4.48. The second-order valence-electron chi connectivity index (χ2n) is 4.82. The van der Waals surface area contributed by atoms with Gasteiger partial charge in [0.2, 0.25) is 5.88 Å². The van der Waals surface area contributed by atoms with Gasteiger partial charge >= 0.3 is 12.1 Å². The van der Waals surface area contributed by atoms with Crippen LogP contribution in [0.1, 0.15) is 24.2 Å². The van der Waals surface area contributed by atoms with Gasteiger partial charge in [-0.15, -0.1) is 0 Å². The van der Waals surface area contributed by atoms with Crippen molar-refractivity contribution in [1.29, 1.82) is 0 Å². The summed E-state index contributed by atoms with van der Waals surface area (Å²) in [5, 5.41) is 11.3. The molecule has 22 heavy (non-hydrogen) atoms. The normalized spacial score (nSPS) is 12.8. The van der Waals surface area contributed by atoms with E-state index in [1.54, 1.807) is 13.8 Å². The highest BCUT2D eigenvalue weighted by atomic mass is 19.4. The van der Waals surface area contributed by atoms with Crippen LogP contribution in [-0.4, -0.2) is 40.8 Å². The van der Waals surface area contributed by atoms with Crippen LogP contribution in [0.5, 0.6) is 5.88 Å². The average Bonchev–Trinajstić information content (AvgIpc) is 2.41. The minimum Gasteiger partial charge on any atom is -0.480 e. The monoisotopic (exact) mass is 320 g/mol. The summed E-state index contributed by atoms with van der Waals surface area (Å²) in [6.07, 6.45) is -3.47. The number of aliphatic carboxylic acids is 1. The summed E-state index contributed by atoms with van der Waals surface area (Å²) in [4.78, 5) is 26.4.